The molecule has 24 heavy (non-hydrogen) atoms. The Labute approximate surface area is 141 Å². The van der Waals surface area contributed by atoms with Crippen LogP contribution in [0.2, 0.25) is 0 Å². The number of benzene rings is 1. The smallest absolute Gasteiger partial charge is 0.283 e. The summed E-state index contributed by atoms with van der Waals surface area (Å²) >= 11 is 1.03. The van der Waals surface area contributed by atoms with E-state index < -0.39 is 10.8 Å². The van der Waals surface area contributed by atoms with Gasteiger partial charge in [-0.05, 0) is 24.3 Å². The van der Waals surface area contributed by atoms with Crippen molar-refractivity contribution in [2.45, 2.75) is 11.4 Å². The van der Waals surface area contributed by atoms with Crippen LogP contribution in [0, 0.1) is 10.1 Å². The molecule has 0 radical (unpaired) electrons. The van der Waals surface area contributed by atoms with Crippen molar-refractivity contribution in [1.29, 1.82) is 0 Å². The zero-order valence-electron chi connectivity index (χ0n) is 12.8. The average Bonchev–Trinajstić information content (AvgIpc) is 3.05. The zero-order chi connectivity index (χ0) is 17.7. The van der Waals surface area contributed by atoms with Crippen molar-refractivity contribution in [2.75, 3.05) is 12.8 Å². The summed E-state index contributed by atoms with van der Waals surface area (Å²) in [5.74, 6) is -0.283. The number of nitrogens with two attached hydrogens (primary N) is 1. The van der Waals surface area contributed by atoms with Crippen LogP contribution in [0.15, 0.2) is 45.9 Å². The maximum absolute atomic E-state index is 12.1. The number of nitro benzene ring substituents is 1. The lowest BCUT2D eigenvalue weighted by Crippen LogP contribution is -2.27. The molecule has 2 rings (SSSR count). The van der Waals surface area contributed by atoms with E-state index in [1.54, 1.807) is 19.2 Å². The van der Waals surface area contributed by atoms with Gasteiger partial charge in [0.05, 0.1) is 28.4 Å². The summed E-state index contributed by atoms with van der Waals surface area (Å²) in [6, 6.07) is 7.41. The molecule has 2 amide bonds. The molecule has 0 aliphatic heterocycles. The Bertz CT molecular complexity index is 760. The summed E-state index contributed by atoms with van der Waals surface area (Å²) in [5.41, 5.74) is 4.92. The number of rotatable bonds is 7. The highest BCUT2D eigenvalue weighted by atomic mass is 32.2. The Morgan fingerprint density at radius 3 is 2.71 bits per heavy atom. The standard InChI is InChI=1S/C15H15N3O5S/c1-17(8-11-3-2-6-23-11)14(19)9-24-13-5-4-10(15(16)20)7-12(13)18(21)22/h2-7H,8-9H2,1H3,(H2,16,20). The maximum Gasteiger partial charge on any atom is 0.283 e. The van der Waals surface area contributed by atoms with E-state index in [1.807, 2.05) is 0 Å². The van der Waals surface area contributed by atoms with E-state index in [2.05, 4.69) is 0 Å². The Hall–Kier alpha value is -2.81. The molecule has 1 aromatic carbocycles. The van der Waals surface area contributed by atoms with Gasteiger partial charge < -0.3 is 15.1 Å². The molecule has 0 aliphatic rings. The van der Waals surface area contributed by atoms with E-state index in [-0.39, 0.29) is 22.9 Å². The topological polar surface area (TPSA) is 120 Å². The lowest BCUT2D eigenvalue weighted by atomic mass is 10.2. The van der Waals surface area contributed by atoms with E-state index in [4.69, 9.17) is 10.2 Å². The molecule has 0 saturated carbocycles. The first-order valence-electron chi connectivity index (χ1n) is 6.86. The van der Waals surface area contributed by atoms with E-state index >= 15 is 0 Å². The van der Waals surface area contributed by atoms with E-state index in [0.29, 0.717) is 17.2 Å². The lowest BCUT2D eigenvalue weighted by molar-refractivity contribution is -0.387. The van der Waals surface area contributed by atoms with Gasteiger partial charge in [-0.1, -0.05) is 0 Å². The molecule has 0 fully saturated rings. The Kier molecular flexibility index (Phi) is 5.59. The fraction of sp³-hybridized carbons (Fsp3) is 0.200. The fourth-order valence-electron chi connectivity index (χ4n) is 1.91. The third kappa shape index (κ3) is 4.35. The van der Waals surface area contributed by atoms with Crippen molar-refractivity contribution >= 4 is 29.3 Å². The Morgan fingerprint density at radius 1 is 1.38 bits per heavy atom. The predicted octanol–water partition coefficient (Wildman–Crippen LogP) is 2.04. The molecular formula is C15H15N3O5S. The molecule has 1 aromatic heterocycles. The van der Waals surface area contributed by atoms with Crippen LogP contribution < -0.4 is 5.73 Å². The van der Waals surface area contributed by atoms with Crippen molar-refractivity contribution in [2.24, 2.45) is 5.73 Å². The molecule has 0 aliphatic carbocycles. The quantitative estimate of drug-likeness (QED) is 0.464. The third-order valence-corrected chi connectivity index (χ3v) is 4.24. The number of thioether (sulfide) groups is 1. The zero-order valence-corrected chi connectivity index (χ0v) is 13.6. The van der Waals surface area contributed by atoms with Crippen LogP contribution in [0.25, 0.3) is 0 Å². The number of furan rings is 1. The van der Waals surface area contributed by atoms with Crippen LogP contribution in [-0.4, -0.2) is 34.4 Å². The van der Waals surface area contributed by atoms with Crippen LogP contribution in [0.1, 0.15) is 16.1 Å². The van der Waals surface area contributed by atoms with Crippen molar-refractivity contribution in [3.05, 3.63) is 58.0 Å². The van der Waals surface area contributed by atoms with Gasteiger partial charge in [-0.15, -0.1) is 11.8 Å². The Morgan fingerprint density at radius 2 is 2.12 bits per heavy atom. The monoisotopic (exact) mass is 349 g/mol. The summed E-state index contributed by atoms with van der Waals surface area (Å²) in [4.78, 5) is 35.5. The summed E-state index contributed by atoms with van der Waals surface area (Å²) in [6.07, 6.45) is 1.52. The van der Waals surface area contributed by atoms with Gasteiger partial charge in [-0.2, -0.15) is 0 Å². The SMILES string of the molecule is CN(Cc1ccco1)C(=O)CSc1ccc(C(N)=O)cc1[N+](=O)[O-]. The molecular weight excluding hydrogens is 334 g/mol. The molecule has 2 N–H and O–H groups in total. The number of carbonyl (C=O) groups is 2. The van der Waals surface area contributed by atoms with Crippen molar-refractivity contribution in [3.8, 4) is 0 Å². The second-order valence-electron chi connectivity index (χ2n) is 4.92. The largest absolute Gasteiger partial charge is 0.467 e. The van der Waals surface area contributed by atoms with Gasteiger partial charge >= 0.3 is 0 Å². The Balaban J connectivity index is 2.04. The minimum absolute atomic E-state index is 0.0218. The number of carbonyl (C=O) groups excluding carboxylic acids is 2. The highest BCUT2D eigenvalue weighted by Gasteiger charge is 2.19. The minimum atomic E-state index is -0.746. The van der Waals surface area contributed by atoms with Gasteiger partial charge in [-0.3, -0.25) is 19.7 Å². The number of nitrogens with zero attached hydrogens (tertiary/aromatic N) is 2. The van der Waals surface area contributed by atoms with Gasteiger partial charge in [-0.25, -0.2) is 0 Å². The van der Waals surface area contributed by atoms with Crippen LogP contribution in [0.4, 0.5) is 5.69 Å². The summed E-state index contributed by atoms with van der Waals surface area (Å²) < 4.78 is 5.17. The average molecular weight is 349 g/mol. The molecule has 2 aromatic rings. The second kappa shape index (κ2) is 7.64. The summed E-state index contributed by atoms with van der Waals surface area (Å²) in [6.45, 7) is 0.315. The number of primary amides is 1. The minimum Gasteiger partial charge on any atom is -0.467 e. The normalized spacial score (nSPS) is 10.4. The van der Waals surface area contributed by atoms with Crippen LogP contribution >= 0.6 is 11.8 Å². The number of nitro groups is 1. The third-order valence-electron chi connectivity index (χ3n) is 3.19. The molecule has 0 saturated heterocycles. The van der Waals surface area contributed by atoms with Crippen LogP contribution in [-0.2, 0) is 11.3 Å². The number of hydrogen-bond donors (Lipinski definition) is 1. The van der Waals surface area contributed by atoms with Crippen LogP contribution in [0.3, 0.4) is 0 Å². The van der Waals surface area contributed by atoms with Crippen molar-refractivity contribution in [3.63, 3.8) is 0 Å². The number of amides is 2. The summed E-state index contributed by atoms with van der Waals surface area (Å²) in [7, 11) is 1.62. The summed E-state index contributed by atoms with van der Waals surface area (Å²) in [5, 5.41) is 11.1. The fourth-order valence-corrected chi connectivity index (χ4v) is 2.85. The molecule has 126 valence electrons. The maximum atomic E-state index is 12.1. The molecule has 0 unspecified atom stereocenters. The van der Waals surface area contributed by atoms with Gasteiger partial charge in [0.2, 0.25) is 11.8 Å². The van der Waals surface area contributed by atoms with Gasteiger partial charge in [0, 0.05) is 18.7 Å². The molecule has 0 spiro atoms. The molecule has 0 bridgehead atoms. The molecule has 0 atom stereocenters. The molecule has 1 heterocycles. The first-order valence-corrected chi connectivity index (χ1v) is 7.84. The lowest BCUT2D eigenvalue weighted by Gasteiger charge is -2.15. The first-order chi connectivity index (χ1) is 11.4. The van der Waals surface area contributed by atoms with Crippen LogP contribution in [0.5, 0.6) is 0 Å². The highest BCUT2D eigenvalue weighted by Crippen LogP contribution is 2.30. The van der Waals surface area contributed by atoms with E-state index in [1.165, 1.54) is 23.3 Å². The van der Waals surface area contributed by atoms with Crippen molar-refractivity contribution in [1.82, 2.24) is 4.90 Å². The highest BCUT2D eigenvalue weighted by molar-refractivity contribution is 8.00. The second-order valence-corrected chi connectivity index (χ2v) is 5.94. The molecule has 8 nitrogen and oxygen atoms in total. The van der Waals surface area contributed by atoms with Gasteiger partial charge in [0.15, 0.2) is 0 Å². The van der Waals surface area contributed by atoms with E-state index in [9.17, 15) is 19.7 Å². The molecule has 9 heteroatoms. The van der Waals surface area contributed by atoms with Crippen molar-refractivity contribution < 1.29 is 18.9 Å². The van der Waals surface area contributed by atoms with Gasteiger partial charge in [0.1, 0.15) is 5.76 Å². The first kappa shape index (κ1) is 17.5. The van der Waals surface area contributed by atoms with Gasteiger partial charge in [0.25, 0.3) is 5.69 Å². The van der Waals surface area contributed by atoms with E-state index in [0.717, 1.165) is 17.8 Å². The predicted molar refractivity (Wildman–Crippen MR) is 87.5 cm³/mol. The number of hydrogen-bond acceptors (Lipinski definition) is 6.